The lowest BCUT2D eigenvalue weighted by atomic mass is 10.1. The molecule has 0 spiro atoms. The summed E-state index contributed by atoms with van der Waals surface area (Å²) in [4.78, 5) is 0.254. The number of benzene rings is 4. The first-order valence-electron chi connectivity index (χ1n) is 9.15. The molecule has 4 rings (SSSR count). The van der Waals surface area contributed by atoms with E-state index in [1.165, 1.54) is 24.3 Å². The molecule has 0 heterocycles. The number of sulfonamides is 2. The monoisotopic (exact) mass is 516 g/mol. The number of anilines is 2. The number of halogens is 1. The lowest BCUT2D eigenvalue weighted by Crippen LogP contribution is -2.15. The van der Waals surface area contributed by atoms with Gasteiger partial charge in [-0.25, -0.2) is 16.8 Å². The van der Waals surface area contributed by atoms with Gasteiger partial charge in [0.25, 0.3) is 20.0 Å². The van der Waals surface area contributed by atoms with E-state index in [0.717, 1.165) is 0 Å². The van der Waals surface area contributed by atoms with Gasteiger partial charge >= 0.3 is 0 Å². The minimum absolute atomic E-state index is 0.125. The number of hydrogen-bond acceptors (Lipinski definition) is 4. The Hall–Kier alpha value is -2.88. The summed E-state index contributed by atoms with van der Waals surface area (Å²) < 4.78 is 57.0. The third-order valence-electron chi connectivity index (χ3n) is 4.58. The maximum atomic E-state index is 12.9. The van der Waals surface area contributed by atoms with Crippen LogP contribution in [0.25, 0.3) is 10.8 Å². The number of fused-ring (bicyclic) bond motifs is 1. The summed E-state index contributed by atoms with van der Waals surface area (Å²) in [6.45, 7) is 0. The van der Waals surface area contributed by atoms with Crippen molar-refractivity contribution in [2.24, 2.45) is 0 Å². The highest BCUT2D eigenvalue weighted by Gasteiger charge is 2.21. The quantitative estimate of drug-likeness (QED) is 0.368. The fraction of sp³-hybridized carbons (Fsp3) is 0. The van der Waals surface area contributed by atoms with Crippen molar-refractivity contribution in [2.75, 3.05) is 9.44 Å². The highest BCUT2D eigenvalue weighted by Crippen LogP contribution is 2.38. The van der Waals surface area contributed by atoms with Crippen molar-refractivity contribution in [3.8, 4) is 0 Å². The van der Waals surface area contributed by atoms with E-state index in [0.29, 0.717) is 26.6 Å². The highest BCUT2D eigenvalue weighted by atomic mass is 79.9. The first-order valence-corrected chi connectivity index (χ1v) is 12.9. The van der Waals surface area contributed by atoms with Gasteiger partial charge in [-0.1, -0.05) is 60.7 Å². The average Bonchev–Trinajstić information content (AvgIpc) is 2.77. The SMILES string of the molecule is O=S(=O)(Nc1cc(Br)c(NS(=O)(=O)c2ccccc2)c2ccccc12)c1ccccc1. The van der Waals surface area contributed by atoms with Gasteiger partial charge in [0.2, 0.25) is 0 Å². The molecule has 31 heavy (non-hydrogen) atoms. The number of nitrogens with one attached hydrogen (secondary N) is 2. The summed E-state index contributed by atoms with van der Waals surface area (Å²) in [6, 6.07) is 24.6. The summed E-state index contributed by atoms with van der Waals surface area (Å²) in [5.41, 5.74) is 0.649. The van der Waals surface area contributed by atoms with Crippen LogP contribution in [0.5, 0.6) is 0 Å². The largest absolute Gasteiger partial charge is 0.279 e. The third-order valence-corrected chi connectivity index (χ3v) is 7.96. The van der Waals surface area contributed by atoms with E-state index in [4.69, 9.17) is 0 Å². The van der Waals surface area contributed by atoms with E-state index in [2.05, 4.69) is 25.4 Å². The molecule has 0 atom stereocenters. The highest BCUT2D eigenvalue weighted by molar-refractivity contribution is 9.10. The third kappa shape index (κ3) is 4.43. The smallest absolute Gasteiger partial charge is 0.261 e. The van der Waals surface area contributed by atoms with Crippen molar-refractivity contribution in [2.45, 2.75) is 9.79 Å². The fourth-order valence-corrected chi connectivity index (χ4v) is 6.01. The number of rotatable bonds is 6. The second-order valence-corrected chi connectivity index (χ2v) is 10.9. The van der Waals surface area contributed by atoms with Gasteiger partial charge in [0, 0.05) is 15.2 Å². The first kappa shape index (κ1) is 21.4. The van der Waals surface area contributed by atoms with Crippen LogP contribution < -0.4 is 9.44 Å². The van der Waals surface area contributed by atoms with Gasteiger partial charge in [0.05, 0.1) is 21.2 Å². The molecular formula is C22H17BrN2O4S2. The molecule has 0 saturated carbocycles. The molecule has 0 fully saturated rings. The Balaban J connectivity index is 1.80. The number of hydrogen-bond donors (Lipinski definition) is 2. The van der Waals surface area contributed by atoms with Crippen molar-refractivity contribution in [3.63, 3.8) is 0 Å². The molecule has 2 N–H and O–H groups in total. The van der Waals surface area contributed by atoms with Crippen molar-refractivity contribution >= 4 is 58.1 Å². The molecule has 0 aliphatic carbocycles. The second-order valence-electron chi connectivity index (χ2n) is 6.66. The van der Waals surface area contributed by atoms with E-state index >= 15 is 0 Å². The molecule has 0 aliphatic heterocycles. The first-order chi connectivity index (χ1) is 14.8. The molecule has 0 aromatic heterocycles. The second kappa shape index (κ2) is 8.33. The molecule has 4 aromatic carbocycles. The van der Waals surface area contributed by atoms with Gasteiger partial charge in [0.15, 0.2) is 0 Å². The van der Waals surface area contributed by atoms with Gasteiger partial charge in [-0.2, -0.15) is 0 Å². The minimum Gasteiger partial charge on any atom is -0.279 e. The summed E-state index contributed by atoms with van der Waals surface area (Å²) in [7, 11) is -7.66. The molecule has 0 bridgehead atoms. The Labute approximate surface area is 189 Å². The van der Waals surface area contributed by atoms with Crippen molar-refractivity contribution in [1.29, 1.82) is 0 Å². The summed E-state index contributed by atoms with van der Waals surface area (Å²) in [5, 5.41) is 1.10. The van der Waals surface area contributed by atoms with E-state index in [9.17, 15) is 16.8 Å². The normalized spacial score (nSPS) is 11.9. The van der Waals surface area contributed by atoms with Crippen molar-refractivity contribution in [3.05, 3.63) is 95.5 Å². The lowest BCUT2D eigenvalue weighted by Gasteiger charge is -2.17. The van der Waals surface area contributed by atoms with Crippen molar-refractivity contribution < 1.29 is 16.8 Å². The van der Waals surface area contributed by atoms with Gasteiger partial charge in [-0.3, -0.25) is 9.44 Å². The van der Waals surface area contributed by atoms with Crippen LogP contribution >= 0.6 is 15.9 Å². The van der Waals surface area contributed by atoms with Crippen molar-refractivity contribution in [1.82, 2.24) is 0 Å². The van der Waals surface area contributed by atoms with E-state index in [1.807, 2.05) is 0 Å². The van der Waals surface area contributed by atoms with Gasteiger partial charge in [0.1, 0.15) is 0 Å². The fourth-order valence-electron chi connectivity index (χ4n) is 3.13. The van der Waals surface area contributed by atoms with Crippen LogP contribution in [0.3, 0.4) is 0 Å². The van der Waals surface area contributed by atoms with Crippen LogP contribution in [0, 0.1) is 0 Å². The standard InChI is InChI=1S/C22H17BrN2O4S2/c23-20-15-21(24-30(26,27)16-9-3-1-4-10-16)18-13-7-8-14-19(18)22(20)25-31(28,29)17-11-5-2-6-12-17/h1-15,24-25H. The van der Waals surface area contributed by atoms with Gasteiger partial charge < -0.3 is 0 Å². The molecule has 9 heteroatoms. The predicted molar refractivity (Wildman–Crippen MR) is 126 cm³/mol. The van der Waals surface area contributed by atoms with Crippen LogP contribution in [0.1, 0.15) is 0 Å². The Morgan fingerprint density at radius 3 is 1.58 bits per heavy atom. The Bertz CT molecular complexity index is 1460. The van der Waals surface area contributed by atoms with Crippen LogP contribution in [0.4, 0.5) is 11.4 Å². The Kier molecular flexibility index (Phi) is 5.74. The maximum absolute atomic E-state index is 12.9. The summed E-state index contributed by atoms with van der Waals surface area (Å²) >= 11 is 3.40. The average molecular weight is 517 g/mol. The van der Waals surface area contributed by atoms with Gasteiger partial charge in [-0.15, -0.1) is 0 Å². The molecular weight excluding hydrogens is 500 g/mol. The molecule has 0 amide bonds. The van der Waals surface area contributed by atoms with Crippen LogP contribution in [0.15, 0.2) is 105 Å². The van der Waals surface area contributed by atoms with Crippen LogP contribution in [0.2, 0.25) is 0 Å². The minimum atomic E-state index is -3.84. The molecule has 0 saturated heterocycles. The van der Waals surface area contributed by atoms with Crippen LogP contribution in [-0.4, -0.2) is 16.8 Å². The predicted octanol–water partition coefficient (Wildman–Crippen LogP) is 5.20. The molecule has 0 aliphatic rings. The van der Waals surface area contributed by atoms with E-state index in [1.54, 1.807) is 66.7 Å². The molecule has 4 aromatic rings. The van der Waals surface area contributed by atoms with Crippen LogP contribution in [-0.2, 0) is 20.0 Å². The zero-order chi connectivity index (χ0) is 22.1. The Morgan fingerprint density at radius 2 is 1.03 bits per heavy atom. The van der Waals surface area contributed by atoms with Gasteiger partial charge in [-0.05, 0) is 46.3 Å². The molecule has 6 nitrogen and oxygen atoms in total. The zero-order valence-electron chi connectivity index (χ0n) is 16.0. The molecule has 0 radical (unpaired) electrons. The topological polar surface area (TPSA) is 92.3 Å². The zero-order valence-corrected chi connectivity index (χ0v) is 19.2. The molecule has 158 valence electrons. The van der Waals surface area contributed by atoms with E-state index < -0.39 is 20.0 Å². The summed E-state index contributed by atoms with van der Waals surface area (Å²) in [6.07, 6.45) is 0. The molecule has 0 unspecified atom stereocenters. The Morgan fingerprint density at radius 1 is 0.581 bits per heavy atom. The maximum Gasteiger partial charge on any atom is 0.261 e. The summed E-state index contributed by atoms with van der Waals surface area (Å²) in [5.74, 6) is 0. The van der Waals surface area contributed by atoms with E-state index in [-0.39, 0.29) is 9.79 Å². The lowest BCUT2D eigenvalue weighted by molar-refractivity contribution is 0.599.